The van der Waals surface area contributed by atoms with Crippen LogP contribution in [0.1, 0.15) is 37.1 Å². The summed E-state index contributed by atoms with van der Waals surface area (Å²) in [4.78, 5) is 19.4. The molecule has 3 aromatic rings. The van der Waals surface area contributed by atoms with E-state index in [1.54, 1.807) is 15.9 Å². The normalized spacial score (nSPS) is 21.4. The van der Waals surface area contributed by atoms with Crippen LogP contribution in [0.15, 0.2) is 33.9 Å². The standard InChI is InChI=1S/C18H22N4O2S/c1-11(5-6-12-9-25-10-19-12)20-15-7-8-22-16-13(17(15)23)3-2-4-14(16)21-18(22)24/h2-4,9-11,15,17,20,23H,5-8H2,1H3,(H,21,24). The third-order valence-corrected chi connectivity index (χ3v) is 5.64. The Morgan fingerprint density at radius 1 is 1.52 bits per heavy atom. The van der Waals surface area contributed by atoms with Crippen molar-refractivity contribution >= 4 is 22.4 Å². The summed E-state index contributed by atoms with van der Waals surface area (Å²) in [6.45, 7) is 2.74. The molecule has 7 heteroatoms. The van der Waals surface area contributed by atoms with Gasteiger partial charge in [0.1, 0.15) is 0 Å². The van der Waals surface area contributed by atoms with Crippen LogP contribution in [0.3, 0.4) is 0 Å². The lowest BCUT2D eigenvalue weighted by molar-refractivity contribution is 0.119. The van der Waals surface area contributed by atoms with Gasteiger partial charge in [-0.2, -0.15) is 0 Å². The van der Waals surface area contributed by atoms with Crippen LogP contribution in [0.5, 0.6) is 0 Å². The topological polar surface area (TPSA) is 82.9 Å². The number of aliphatic hydroxyl groups excluding tert-OH is 1. The Hall–Kier alpha value is -1.96. The molecular weight excluding hydrogens is 336 g/mol. The molecule has 0 amide bonds. The minimum atomic E-state index is -0.630. The number of aryl methyl sites for hydroxylation is 2. The largest absolute Gasteiger partial charge is 0.387 e. The maximum atomic E-state index is 12.2. The van der Waals surface area contributed by atoms with Crippen molar-refractivity contribution in [3.63, 3.8) is 0 Å². The van der Waals surface area contributed by atoms with E-state index in [0.29, 0.717) is 13.0 Å². The molecule has 3 unspecified atom stereocenters. The third-order valence-electron chi connectivity index (χ3n) is 5.00. The number of aliphatic hydroxyl groups is 1. The first kappa shape index (κ1) is 16.5. The van der Waals surface area contributed by atoms with Crippen molar-refractivity contribution in [3.8, 4) is 0 Å². The van der Waals surface area contributed by atoms with Gasteiger partial charge in [0.25, 0.3) is 0 Å². The van der Waals surface area contributed by atoms with E-state index >= 15 is 0 Å². The Balaban J connectivity index is 1.51. The molecule has 6 nitrogen and oxygen atoms in total. The van der Waals surface area contributed by atoms with Crippen molar-refractivity contribution in [1.29, 1.82) is 0 Å². The van der Waals surface area contributed by atoms with Crippen molar-refractivity contribution in [2.24, 2.45) is 0 Å². The SMILES string of the molecule is CC(CCc1cscn1)NC1CCn2c(=O)[nH]c3cccc(c32)C1O. The van der Waals surface area contributed by atoms with Crippen LogP contribution in [0.25, 0.3) is 11.0 Å². The highest BCUT2D eigenvalue weighted by molar-refractivity contribution is 7.07. The summed E-state index contributed by atoms with van der Waals surface area (Å²) in [5.41, 5.74) is 5.31. The molecule has 0 aliphatic carbocycles. The molecule has 0 fully saturated rings. The minimum Gasteiger partial charge on any atom is -0.387 e. The maximum Gasteiger partial charge on any atom is 0.326 e. The molecule has 0 radical (unpaired) electrons. The summed E-state index contributed by atoms with van der Waals surface area (Å²) in [7, 11) is 0. The molecular formula is C18H22N4O2S. The highest BCUT2D eigenvalue weighted by atomic mass is 32.1. The quantitative estimate of drug-likeness (QED) is 0.653. The van der Waals surface area contributed by atoms with Crippen molar-refractivity contribution in [1.82, 2.24) is 19.9 Å². The Kier molecular flexibility index (Phi) is 4.45. The average molecular weight is 358 g/mol. The number of thiazole rings is 1. The van der Waals surface area contributed by atoms with E-state index in [2.05, 4.69) is 27.6 Å². The Morgan fingerprint density at radius 2 is 2.40 bits per heavy atom. The molecule has 1 aliphatic rings. The Labute approximate surface area is 149 Å². The molecule has 0 spiro atoms. The molecule has 0 bridgehead atoms. The summed E-state index contributed by atoms with van der Waals surface area (Å²) in [6.07, 6.45) is 1.97. The molecule has 3 atom stereocenters. The lowest BCUT2D eigenvalue weighted by atomic mass is 9.98. The molecule has 132 valence electrons. The van der Waals surface area contributed by atoms with E-state index in [1.807, 2.05) is 23.7 Å². The number of nitrogens with zero attached hydrogens (tertiary/aromatic N) is 2. The van der Waals surface area contributed by atoms with Crippen LogP contribution in [0.4, 0.5) is 0 Å². The van der Waals surface area contributed by atoms with Crippen molar-refractivity contribution in [3.05, 3.63) is 50.8 Å². The van der Waals surface area contributed by atoms with Crippen LogP contribution in [0.2, 0.25) is 0 Å². The summed E-state index contributed by atoms with van der Waals surface area (Å²) >= 11 is 1.62. The number of imidazole rings is 1. The van der Waals surface area contributed by atoms with Crippen molar-refractivity contribution in [2.75, 3.05) is 0 Å². The van der Waals surface area contributed by atoms with Gasteiger partial charge in [0, 0.05) is 29.6 Å². The maximum absolute atomic E-state index is 12.2. The smallest absolute Gasteiger partial charge is 0.326 e. The fourth-order valence-corrected chi connectivity index (χ4v) is 4.28. The van der Waals surface area contributed by atoms with E-state index in [0.717, 1.165) is 35.1 Å². The number of hydrogen-bond acceptors (Lipinski definition) is 5. The van der Waals surface area contributed by atoms with Crippen LogP contribution >= 0.6 is 11.3 Å². The number of H-pyrrole nitrogens is 1. The minimum absolute atomic E-state index is 0.0738. The summed E-state index contributed by atoms with van der Waals surface area (Å²) in [5, 5.41) is 16.6. The second-order valence-electron chi connectivity index (χ2n) is 6.75. The molecule has 2 aromatic heterocycles. The number of hydrogen-bond donors (Lipinski definition) is 3. The van der Waals surface area contributed by atoms with E-state index in [-0.39, 0.29) is 17.8 Å². The van der Waals surface area contributed by atoms with Crippen molar-refractivity contribution in [2.45, 2.75) is 50.9 Å². The third kappa shape index (κ3) is 3.15. The van der Waals surface area contributed by atoms with Gasteiger partial charge in [-0.3, -0.25) is 4.57 Å². The van der Waals surface area contributed by atoms with E-state index in [9.17, 15) is 9.90 Å². The van der Waals surface area contributed by atoms with Crippen LogP contribution in [-0.4, -0.2) is 31.7 Å². The number of benzene rings is 1. The average Bonchev–Trinajstić information content (AvgIpc) is 3.19. The van der Waals surface area contributed by atoms with Crippen molar-refractivity contribution < 1.29 is 5.11 Å². The van der Waals surface area contributed by atoms with E-state index in [1.165, 1.54) is 0 Å². The fourth-order valence-electron chi connectivity index (χ4n) is 3.69. The van der Waals surface area contributed by atoms with Gasteiger partial charge >= 0.3 is 5.69 Å². The zero-order valence-electron chi connectivity index (χ0n) is 14.1. The van der Waals surface area contributed by atoms with Gasteiger partial charge < -0.3 is 15.4 Å². The zero-order valence-corrected chi connectivity index (χ0v) is 14.9. The molecule has 3 N–H and O–H groups in total. The van der Waals surface area contributed by atoms with Gasteiger partial charge in [0.15, 0.2) is 0 Å². The first-order valence-corrected chi connectivity index (χ1v) is 9.60. The first-order valence-electron chi connectivity index (χ1n) is 8.66. The molecule has 0 saturated heterocycles. The molecule has 1 aliphatic heterocycles. The molecule has 25 heavy (non-hydrogen) atoms. The zero-order chi connectivity index (χ0) is 17.4. The van der Waals surface area contributed by atoms with Gasteiger partial charge in [-0.05, 0) is 32.3 Å². The van der Waals surface area contributed by atoms with E-state index in [4.69, 9.17) is 0 Å². The van der Waals surface area contributed by atoms with Crippen LogP contribution in [-0.2, 0) is 13.0 Å². The van der Waals surface area contributed by atoms with Gasteiger partial charge in [-0.15, -0.1) is 11.3 Å². The fraction of sp³-hybridized carbons (Fsp3) is 0.444. The number of rotatable bonds is 5. The predicted octanol–water partition coefficient (Wildman–Crippen LogP) is 2.20. The molecule has 1 aromatic carbocycles. The number of nitrogens with one attached hydrogen (secondary N) is 2. The number of para-hydroxylation sites is 1. The Bertz CT molecular complexity index is 915. The second-order valence-corrected chi connectivity index (χ2v) is 7.47. The first-order chi connectivity index (χ1) is 12.1. The summed E-state index contributed by atoms with van der Waals surface area (Å²) < 4.78 is 1.75. The van der Waals surface area contributed by atoms with Gasteiger partial charge in [0.2, 0.25) is 0 Å². The lowest BCUT2D eigenvalue weighted by Crippen LogP contribution is -2.41. The van der Waals surface area contributed by atoms with Crippen LogP contribution in [0, 0.1) is 0 Å². The van der Waals surface area contributed by atoms with Gasteiger partial charge in [-0.1, -0.05) is 12.1 Å². The van der Waals surface area contributed by atoms with Gasteiger partial charge in [0.05, 0.1) is 28.3 Å². The Morgan fingerprint density at radius 3 is 3.20 bits per heavy atom. The second kappa shape index (κ2) is 6.74. The number of aromatic nitrogens is 3. The monoisotopic (exact) mass is 358 g/mol. The van der Waals surface area contributed by atoms with Crippen LogP contribution < -0.4 is 11.0 Å². The molecule has 0 saturated carbocycles. The van der Waals surface area contributed by atoms with E-state index < -0.39 is 6.10 Å². The van der Waals surface area contributed by atoms with Gasteiger partial charge in [-0.25, -0.2) is 9.78 Å². The summed E-state index contributed by atoms with van der Waals surface area (Å²) in [6, 6.07) is 5.87. The highest BCUT2D eigenvalue weighted by Crippen LogP contribution is 2.30. The molecule has 4 rings (SSSR count). The summed E-state index contributed by atoms with van der Waals surface area (Å²) in [5.74, 6) is 0. The number of aromatic amines is 1. The molecule has 3 heterocycles. The lowest BCUT2D eigenvalue weighted by Gasteiger charge is -2.26. The highest BCUT2D eigenvalue weighted by Gasteiger charge is 2.29. The predicted molar refractivity (Wildman–Crippen MR) is 99.0 cm³/mol.